The van der Waals surface area contributed by atoms with Crippen molar-refractivity contribution in [1.82, 2.24) is 9.97 Å². The Kier molecular flexibility index (Phi) is 6.59. The van der Waals surface area contributed by atoms with Gasteiger partial charge in [-0.1, -0.05) is 53.7 Å². The average molecular weight is 386 g/mol. The summed E-state index contributed by atoms with van der Waals surface area (Å²) in [6, 6.07) is 10.7. The van der Waals surface area contributed by atoms with Crippen LogP contribution in [0.4, 0.5) is 4.79 Å². The number of rotatable bonds is 5. The molecule has 0 saturated carbocycles. The fourth-order valence-corrected chi connectivity index (χ4v) is 3.60. The van der Waals surface area contributed by atoms with Crippen LogP contribution in [-0.4, -0.2) is 32.8 Å². The molecule has 1 amide bonds. The highest BCUT2D eigenvalue weighted by molar-refractivity contribution is 7.98. The molecule has 6 nitrogen and oxygen atoms in total. The second kappa shape index (κ2) is 8.46. The monoisotopic (exact) mass is 385 g/mol. The van der Waals surface area contributed by atoms with Gasteiger partial charge < -0.3 is 4.74 Å². The minimum Gasteiger partial charge on any atom is -0.443 e. The van der Waals surface area contributed by atoms with E-state index in [-0.39, 0.29) is 17.5 Å². The molecule has 1 atom stereocenters. The molecule has 2 aromatic rings. The molecule has 1 unspecified atom stereocenters. The number of amides is 1. The molecule has 0 radical (unpaired) electrons. The van der Waals surface area contributed by atoms with Gasteiger partial charge in [-0.2, -0.15) is 0 Å². The van der Waals surface area contributed by atoms with Crippen LogP contribution in [0.3, 0.4) is 0 Å². The van der Waals surface area contributed by atoms with Gasteiger partial charge in [0.1, 0.15) is 11.8 Å². The van der Waals surface area contributed by atoms with Gasteiger partial charge in [-0.05, 0) is 17.9 Å². The summed E-state index contributed by atoms with van der Waals surface area (Å²) in [5, 5.41) is 0.727. The molecule has 1 aromatic carbocycles. The Morgan fingerprint density at radius 2 is 2.04 bits per heavy atom. The van der Waals surface area contributed by atoms with E-state index >= 15 is 0 Å². The third-order valence-electron chi connectivity index (χ3n) is 2.80. The van der Waals surface area contributed by atoms with Crippen LogP contribution < -0.4 is 0 Å². The Hall–Kier alpha value is -1.64. The molecule has 1 heterocycles. The minimum atomic E-state index is -2.84. The first-order valence-corrected chi connectivity index (χ1v) is 10.6. The number of aromatic nitrogens is 2. The molecule has 0 N–H and O–H groups in total. The SMILES string of the molecule is CSc1nc(Cl)cc(CS(C)(=O)=NC(=O)OCc2ccccc2)n1. The lowest BCUT2D eigenvalue weighted by molar-refractivity contribution is 0.151. The zero-order valence-electron chi connectivity index (χ0n) is 13.1. The van der Waals surface area contributed by atoms with Gasteiger partial charge in [-0.25, -0.2) is 19.0 Å². The zero-order valence-corrected chi connectivity index (χ0v) is 15.5. The molecular weight excluding hydrogens is 370 g/mol. The number of carbonyl (C=O) groups excluding carboxylic acids is 1. The number of carbonyl (C=O) groups is 1. The molecule has 0 bridgehead atoms. The highest BCUT2D eigenvalue weighted by Crippen LogP contribution is 2.16. The van der Waals surface area contributed by atoms with Crippen LogP contribution in [0.15, 0.2) is 45.9 Å². The normalized spacial score (nSPS) is 13.1. The molecule has 0 aliphatic carbocycles. The molecule has 0 aliphatic heterocycles. The fraction of sp³-hybridized carbons (Fsp3) is 0.267. The van der Waals surface area contributed by atoms with E-state index in [2.05, 4.69) is 14.3 Å². The number of benzene rings is 1. The van der Waals surface area contributed by atoms with E-state index in [1.54, 1.807) is 0 Å². The van der Waals surface area contributed by atoms with Gasteiger partial charge in [-0.15, -0.1) is 4.36 Å². The van der Waals surface area contributed by atoms with E-state index < -0.39 is 15.8 Å². The van der Waals surface area contributed by atoms with Crippen molar-refractivity contribution in [3.8, 4) is 0 Å². The van der Waals surface area contributed by atoms with Gasteiger partial charge in [0, 0.05) is 6.26 Å². The van der Waals surface area contributed by atoms with Crippen LogP contribution in [0.5, 0.6) is 0 Å². The summed E-state index contributed by atoms with van der Waals surface area (Å²) in [7, 11) is -2.84. The number of thioether (sulfide) groups is 1. The maximum Gasteiger partial charge on any atom is 0.442 e. The van der Waals surface area contributed by atoms with Gasteiger partial charge in [0.25, 0.3) is 0 Å². The van der Waals surface area contributed by atoms with Crippen molar-refractivity contribution in [2.45, 2.75) is 17.5 Å². The van der Waals surface area contributed by atoms with Gasteiger partial charge in [0.2, 0.25) is 0 Å². The van der Waals surface area contributed by atoms with E-state index in [1.807, 2.05) is 36.6 Å². The highest BCUT2D eigenvalue weighted by Gasteiger charge is 2.12. The Morgan fingerprint density at radius 3 is 2.71 bits per heavy atom. The number of hydrogen-bond acceptors (Lipinski definition) is 6. The molecular formula is C15H16ClN3O3S2. The number of nitrogens with zero attached hydrogens (tertiary/aromatic N) is 3. The Balaban J connectivity index is 2.05. The first-order chi connectivity index (χ1) is 11.4. The second-order valence-corrected chi connectivity index (χ2v) is 8.45. The molecule has 128 valence electrons. The van der Waals surface area contributed by atoms with Gasteiger partial charge in [0.15, 0.2) is 5.16 Å². The summed E-state index contributed by atoms with van der Waals surface area (Å²) >= 11 is 7.22. The third kappa shape index (κ3) is 6.10. The van der Waals surface area contributed by atoms with E-state index in [1.165, 1.54) is 24.1 Å². The van der Waals surface area contributed by atoms with Crippen LogP contribution in [-0.2, 0) is 26.8 Å². The number of ether oxygens (including phenoxy) is 1. The average Bonchev–Trinajstić information content (AvgIpc) is 2.52. The Morgan fingerprint density at radius 1 is 1.33 bits per heavy atom. The largest absolute Gasteiger partial charge is 0.443 e. The van der Waals surface area contributed by atoms with Crippen molar-refractivity contribution in [2.75, 3.05) is 12.5 Å². The molecule has 24 heavy (non-hydrogen) atoms. The van der Waals surface area contributed by atoms with E-state index in [9.17, 15) is 9.00 Å². The van der Waals surface area contributed by atoms with Crippen molar-refractivity contribution in [3.05, 3.63) is 52.8 Å². The summed E-state index contributed by atoms with van der Waals surface area (Å²) < 4.78 is 21.2. The summed E-state index contributed by atoms with van der Waals surface area (Å²) in [6.07, 6.45) is 2.33. The first-order valence-electron chi connectivity index (χ1n) is 6.86. The fourth-order valence-electron chi connectivity index (χ4n) is 1.82. The Bertz CT molecular complexity index is 837. The summed E-state index contributed by atoms with van der Waals surface area (Å²) in [4.78, 5) is 20.0. The molecule has 0 aliphatic rings. The van der Waals surface area contributed by atoms with Crippen molar-refractivity contribution < 1.29 is 13.7 Å². The molecule has 0 spiro atoms. The van der Waals surface area contributed by atoms with Gasteiger partial charge >= 0.3 is 6.09 Å². The summed E-state index contributed by atoms with van der Waals surface area (Å²) in [5.74, 6) is -0.0107. The molecule has 1 aromatic heterocycles. The van der Waals surface area contributed by atoms with Crippen molar-refractivity contribution in [1.29, 1.82) is 0 Å². The third-order valence-corrected chi connectivity index (χ3v) is 4.91. The van der Waals surface area contributed by atoms with Crippen molar-refractivity contribution in [2.24, 2.45) is 4.36 Å². The molecule has 9 heteroatoms. The van der Waals surface area contributed by atoms with E-state index in [0.717, 1.165) is 5.56 Å². The van der Waals surface area contributed by atoms with Crippen molar-refractivity contribution in [3.63, 3.8) is 0 Å². The highest BCUT2D eigenvalue weighted by atomic mass is 35.5. The summed E-state index contributed by atoms with van der Waals surface area (Å²) in [5.41, 5.74) is 1.29. The molecule has 2 rings (SSSR count). The Labute approximate surface area is 150 Å². The molecule has 0 saturated heterocycles. The smallest absolute Gasteiger partial charge is 0.442 e. The lowest BCUT2D eigenvalue weighted by Crippen LogP contribution is -2.09. The predicted molar refractivity (Wildman–Crippen MR) is 95.6 cm³/mol. The van der Waals surface area contributed by atoms with Crippen LogP contribution in [0.2, 0.25) is 5.15 Å². The van der Waals surface area contributed by atoms with Gasteiger partial charge in [0.05, 0.1) is 21.2 Å². The van der Waals surface area contributed by atoms with Crippen molar-refractivity contribution >= 4 is 39.2 Å². The lowest BCUT2D eigenvalue weighted by atomic mass is 10.2. The topological polar surface area (TPSA) is 81.5 Å². The van der Waals surface area contributed by atoms with Crippen LogP contribution in [0.1, 0.15) is 11.3 Å². The first kappa shape index (κ1) is 18.7. The lowest BCUT2D eigenvalue weighted by Gasteiger charge is -2.06. The minimum absolute atomic E-state index is 0.0107. The zero-order chi connectivity index (χ0) is 17.6. The maximum atomic E-state index is 12.5. The standard InChI is InChI=1S/C15H16ClN3O3S2/c1-23-14-17-12(8-13(16)18-14)10-24(2,21)19-15(20)22-9-11-6-4-3-5-7-11/h3-8H,9-10H2,1-2H3. The number of halogens is 1. The summed E-state index contributed by atoms with van der Waals surface area (Å²) in [6.45, 7) is 0.0780. The number of hydrogen-bond donors (Lipinski definition) is 0. The maximum absolute atomic E-state index is 12.5. The second-order valence-electron chi connectivity index (χ2n) is 4.90. The quantitative estimate of drug-likeness (QED) is 0.442. The predicted octanol–water partition coefficient (Wildman–Crippen LogP) is 3.79. The van der Waals surface area contributed by atoms with Crippen LogP contribution in [0, 0.1) is 0 Å². The molecule has 0 fully saturated rings. The van der Waals surface area contributed by atoms with Gasteiger partial charge in [-0.3, -0.25) is 0 Å². The van der Waals surface area contributed by atoms with E-state index in [0.29, 0.717) is 10.9 Å². The van der Waals surface area contributed by atoms with Crippen LogP contribution >= 0.6 is 23.4 Å². The van der Waals surface area contributed by atoms with Crippen LogP contribution in [0.25, 0.3) is 0 Å². The van der Waals surface area contributed by atoms with E-state index in [4.69, 9.17) is 16.3 Å².